The Labute approximate surface area is 175 Å². The van der Waals surface area contributed by atoms with Crippen molar-refractivity contribution in [2.24, 2.45) is 0 Å². The van der Waals surface area contributed by atoms with E-state index in [0.29, 0.717) is 17.1 Å². The molecule has 0 radical (unpaired) electrons. The van der Waals surface area contributed by atoms with Crippen molar-refractivity contribution in [1.82, 2.24) is 9.97 Å². The third kappa shape index (κ3) is 4.55. The second-order valence-electron chi connectivity index (χ2n) is 6.44. The molecule has 6 nitrogen and oxygen atoms in total. The van der Waals surface area contributed by atoms with Gasteiger partial charge in [0.25, 0.3) is 5.91 Å². The quantitative estimate of drug-likeness (QED) is 0.438. The molecular formula is C22H15F3N4O2. The summed E-state index contributed by atoms with van der Waals surface area (Å²) >= 11 is 0. The fraction of sp³-hybridized carbons (Fsp3) is 0.0455. The molecule has 4 rings (SSSR count). The molecule has 0 spiro atoms. The van der Waals surface area contributed by atoms with Crippen molar-refractivity contribution in [3.63, 3.8) is 0 Å². The minimum atomic E-state index is -4.53. The number of anilines is 4. The first kappa shape index (κ1) is 20.1. The summed E-state index contributed by atoms with van der Waals surface area (Å²) in [5, 5.41) is 2.63. The number of benzene rings is 2. The van der Waals surface area contributed by atoms with Gasteiger partial charge in [-0.1, -0.05) is 12.1 Å². The molecule has 0 saturated carbocycles. The molecule has 2 aromatic heterocycles. The third-order valence-corrected chi connectivity index (χ3v) is 4.33. The molecule has 0 aliphatic carbocycles. The number of pyridine rings is 1. The van der Waals surface area contributed by atoms with Crippen LogP contribution in [-0.2, 0) is 6.18 Å². The summed E-state index contributed by atoms with van der Waals surface area (Å²) in [6.07, 6.45) is 1.65. The van der Waals surface area contributed by atoms with Crippen LogP contribution in [0.3, 0.4) is 0 Å². The van der Waals surface area contributed by atoms with E-state index in [-0.39, 0.29) is 11.6 Å². The number of nitrogens with zero attached hydrogens (tertiary/aromatic N) is 3. The van der Waals surface area contributed by atoms with Gasteiger partial charge in [0.2, 0.25) is 0 Å². The first-order valence-corrected chi connectivity index (χ1v) is 9.10. The molecule has 9 heteroatoms. The molecule has 0 saturated heterocycles. The van der Waals surface area contributed by atoms with Crippen molar-refractivity contribution in [1.29, 1.82) is 0 Å². The van der Waals surface area contributed by atoms with E-state index in [0.717, 1.165) is 12.1 Å². The monoisotopic (exact) mass is 424 g/mol. The van der Waals surface area contributed by atoms with E-state index in [1.54, 1.807) is 47.6 Å². The van der Waals surface area contributed by atoms with Crippen molar-refractivity contribution in [3.8, 4) is 0 Å². The van der Waals surface area contributed by atoms with Crippen LogP contribution in [0.5, 0.6) is 0 Å². The average Bonchev–Trinajstić information content (AvgIpc) is 3.29. The molecule has 0 aliphatic heterocycles. The minimum absolute atomic E-state index is 0.1000. The van der Waals surface area contributed by atoms with Crippen LogP contribution in [0.1, 0.15) is 15.9 Å². The Morgan fingerprint density at radius 1 is 0.968 bits per heavy atom. The second kappa shape index (κ2) is 8.31. The van der Waals surface area contributed by atoms with Crippen LogP contribution in [0.2, 0.25) is 0 Å². The summed E-state index contributed by atoms with van der Waals surface area (Å²) < 4.78 is 44.2. The van der Waals surface area contributed by atoms with Crippen molar-refractivity contribution in [3.05, 3.63) is 96.6 Å². The number of halogens is 3. The summed E-state index contributed by atoms with van der Waals surface area (Å²) in [5.41, 5.74) is 0.682. The van der Waals surface area contributed by atoms with E-state index in [2.05, 4.69) is 15.3 Å². The Bertz CT molecular complexity index is 1180. The molecular weight excluding hydrogens is 409 g/mol. The van der Waals surface area contributed by atoms with E-state index in [9.17, 15) is 18.0 Å². The van der Waals surface area contributed by atoms with Crippen molar-refractivity contribution >= 4 is 29.0 Å². The number of carbonyl (C=O) groups is 1. The molecule has 0 unspecified atom stereocenters. The molecule has 0 aliphatic rings. The van der Waals surface area contributed by atoms with Crippen LogP contribution in [0.15, 0.2) is 89.9 Å². The highest BCUT2D eigenvalue weighted by atomic mass is 19.4. The number of oxazole rings is 1. The first-order chi connectivity index (χ1) is 14.9. The Hall–Kier alpha value is -4.14. The predicted octanol–water partition coefficient (Wildman–Crippen LogP) is 5.81. The molecule has 2 heterocycles. The zero-order valence-corrected chi connectivity index (χ0v) is 15.9. The van der Waals surface area contributed by atoms with Gasteiger partial charge in [0, 0.05) is 17.4 Å². The summed E-state index contributed by atoms with van der Waals surface area (Å²) in [5.74, 6) is -0.660. The summed E-state index contributed by atoms with van der Waals surface area (Å²) in [4.78, 5) is 22.5. The molecule has 4 aromatic rings. The van der Waals surface area contributed by atoms with Crippen molar-refractivity contribution in [2.45, 2.75) is 6.18 Å². The molecule has 156 valence electrons. The maximum absolute atomic E-state index is 12.9. The van der Waals surface area contributed by atoms with Crippen molar-refractivity contribution < 1.29 is 22.4 Å². The van der Waals surface area contributed by atoms with E-state index in [1.807, 2.05) is 6.07 Å². The van der Waals surface area contributed by atoms with Gasteiger partial charge in [0.15, 0.2) is 0 Å². The van der Waals surface area contributed by atoms with Gasteiger partial charge < -0.3 is 9.73 Å². The fourth-order valence-corrected chi connectivity index (χ4v) is 2.95. The Morgan fingerprint density at radius 3 is 2.48 bits per heavy atom. The zero-order chi connectivity index (χ0) is 21.8. The highest BCUT2D eigenvalue weighted by Gasteiger charge is 2.31. The molecule has 1 amide bonds. The van der Waals surface area contributed by atoms with Crippen LogP contribution in [-0.4, -0.2) is 15.9 Å². The number of aromatic nitrogens is 2. The van der Waals surface area contributed by atoms with Gasteiger partial charge in [0.1, 0.15) is 6.26 Å². The van der Waals surface area contributed by atoms with Crippen molar-refractivity contribution in [2.75, 3.05) is 10.2 Å². The lowest BCUT2D eigenvalue weighted by Gasteiger charge is -2.21. The maximum atomic E-state index is 12.9. The van der Waals surface area contributed by atoms with Gasteiger partial charge in [-0.05, 0) is 48.5 Å². The molecule has 0 bridgehead atoms. The van der Waals surface area contributed by atoms with E-state index >= 15 is 0 Å². The number of rotatable bonds is 5. The molecule has 0 atom stereocenters. The second-order valence-corrected chi connectivity index (χ2v) is 6.44. The van der Waals surface area contributed by atoms with E-state index in [4.69, 9.17) is 4.42 Å². The Kier molecular flexibility index (Phi) is 5.40. The van der Waals surface area contributed by atoms with Crippen LogP contribution < -0.4 is 10.2 Å². The van der Waals surface area contributed by atoms with Gasteiger partial charge in [0.05, 0.1) is 29.3 Å². The summed E-state index contributed by atoms with van der Waals surface area (Å²) in [6.45, 7) is 0. The number of carbonyl (C=O) groups excluding carboxylic acids is 1. The molecule has 2 aromatic carbocycles. The smallest absolute Gasteiger partial charge is 0.416 e. The SMILES string of the molecule is O=C(Nc1cccc(N(c2cccnc2)c2ncco2)c1)c1cccc(C(F)(F)F)c1. The minimum Gasteiger partial charge on any atom is -0.432 e. The van der Waals surface area contributed by atoms with Gasteiger partial charge in [-0.15, -0.1) is 0 Å². The lowest BCUT2D eigenvalue weighted by atomic mass is 10.1. The molecule has 1 N–H and O–H groups in total. The predicted molar refractivity (Wildman–Crippen MR) is 108 cm³/mol. The van der Waals surface area contributed by atoms with Crippen LogP contribution >= 0.6 is 0 Å². The average molecular weight is 424 g/mol. The van der Waals surface area contributed by atoms with E-state index in [1.165, 1.54) is 24.6 Å². The van der Waals surface area contributed by atoms with Crippen LogP contribution in [0, 0.1) is 0 Å². The topological polar surface area (TPSA) is 71.3 Å². The van der Waals surface area contributed by atoms with Gasteiger partial charge in [-0.2, -0.15) is 13.2 Å². The number of hydrogen-bond acceptors (Lipinski definition) is 5. The number of amides is 1. The first-order valence-electron chi connectivity index (χ1n) is 9.10. The molecule has 31 heavy (non-hydrogen) atoms. The standard InChI is InChI=1S/C22H15F3N4O2/c23-22(24,25)16-5-1-4-15(12-16)20(30)28-17-6-2-7-18(13-17)29(21-27-10-11-31-21)19-8-3-9-26-14-19/h1-14H,(H,28,30). The van der Waals surface area contributed by atoms with Gasteiger partial charge in [-0.3, -0.25) is 14.7 Å². The Morgan fingerprint density at radius 2 is 1.77 bits per heavy atom. The highest BCUT2D eigenvalue weighted by Crippen LogP contribution is 2.34. The third-order valence-electron chi connectivity index (χ3n) is 4.33. The normalized spacial score (nSPS) is 11.2. The van der Waals surface area contributed by atoms with Gasteiger partial charge >= 0.3 is 12.2 Å². The fourth-order valence-electron chi connectivity index (χ4n) is 2.95. The van der Waals surface area contributed by atoms with Crippen LogP contribution in [0.4, 0.5) is 36.2 Å². The number of alkyl halides is 3. The zero-order valence-electron chi connectivity index (χ0n) is 15.9. The van der Waals surface area contributed by atoms with Gasteiger partial charge in [-0.25, -0.2) is 4.98 Å². The van der Waals surface area contributed by atoms with Crippen LogP contribution in [0.25, 0.3) is 0 Å². The lowest BCUT2D eigenvalue weighted by Crippen LogP contribution is -2.15. The molecule has 0 fully saturated rings. The highest BCUT2D eigenvalue weighted by molar-refractivity contribution is 6.04. The largest absolute Gasteiger partial charge is 0.432 e. The lowest BCUT2D eigenvalue weighted by molar-refractivity contribution is -0.137. The number of nitrogens with one attached hydrogen (secondary N) is 1. The summed E-state index contributed by atoms with van der Waals surface area (Å²) in [7, 11) is 0. The summed E-state index contributed by atoms with van der Waals surface area (Å²) in [6, 6.07) is 14.9. The number of hydrogen-bond donors (Lipinski definition) is 1. The Balaban J connectivity index is 1.63. The van der Waals surface area contributed by atoms with E-state index < -0.39 is 17.6 Å². The maximum Gasteiger partial charge on any atom is 0.416 e.